The van der Waals surface area contributed by atoms with Gasteiger partial charge in [0, 0.05) is 14.7 Å². The fourth-order valence-corrected chi connectivity index (χ4v) is 3.17. The lowest BCUT2D eigenvalue weighted by molar-refractivity contribution is 0.102. The van der Waals surface area contributed by atoms with Crippen LogP contribution in [0.1, 0.15) is 31.8 Å². The number of aryl methyl sites for hydroxylation is 1. The maximum Gasteiger partial charge on any atom is 0.256 e. The summed E-state index contributed by atoms with van der Waals surface area (Å²) >= 11 is 2.13. The predicted molar refractivity (Wildman–Crippen MR) is 108 cm³/mol. The van der Waals surface area contributed by atoms with Crippen LogP contribution in [0.4, 0.5) is 5.69 Å². The number of rotatable bonds is 4. The molecule has 1 N–H and O–H groups in total. The Morgan fingerprint density at radius 3 is 2.24 bits per heavy atom. The first-order chi connectivity index (χ1) is 12.1. The largest absolute Gasteiger partial charge is 0.321 e. The van der Waals surface area contributed by atoms with E-state index >= 15 is 0 Å². The van der Waals surface area contributed by atoms with Crippen molar-refractivity contribution < 1.29 is 9.59 Å². The first-order valence-corrected chi connectivity index (χ1v) is 8.90. The van der Waals surface area contributed by atoms with Crippen molar-refractivity contribution in [1.29, 1.82) is 0 Å². The van der Waals surface area contributed by atoms with Crippen molar-refractivity contribution in [3.63, 3.8) is 0 Å². The van der Waals surface area contributed by atoms with Gasteiger partial charge in [-0.2, -0.15) is 0 Å². The molecule has 0 aromatic heterocycles. The molecule has 0 aliphatic rings. The number of carbonyl (C=O) groups is 2. The lowest BCUT2D eigenvalue weighted by atomic mass is 9.99. The van der Waals surface area contributed by atoms with Crippen LogP contribution in [0.15, 0.2) is 72.8 Å². The third-order valence-electron chi connectivity index (χ3n) is 3.82. The molecule has 0 heterocycles. The van der Waals surface area contributed by atoms with E-state index in [0.717, 1.165) is 9.13 Å². The summed E-state index contributed by atoms with van der Waals surface area (Å²) in [6, 6.07) is 21.9. The third kappa shape index (κ3) is 3.96. The van der Waals surface area contributed by atoms with E-state index in [-0.39, 0.29) is 11.7 Å². The molecule has 0 spiro atoms. The fourth-order valence-electron chi connectivity index (χ4n) is 2.53. The van der Waals surface area contributed by atoms with Crippen LogP contribution in [0.2, 0.25) is 0 Å². The van der Waals surface area contributed by atoms with Gasteiger partial charge in [0.2, 0.25) is 0 Å². The summed E-state index contributed by atoms with van der Waals surface area (Å²) in [7, 11) is 0. The molecule has 3 rings (SSSR count). The molecule has 0 saturated heterocycles. The van der Waals surface area contributed by atoms with E-state index in [2.05, 4.69) is 27.9 Å². The molecule has 0 unspecified atom stereocenters. The van der Waals surface area contributed by atoms with Crippen molar-refractivity contribution in [2.45, 2.75) is 6.92 Å². The van der Waals surface area contributed by atoms with Gasteiger partial charge >= 0.3 is 0 Å². The van der Waals surface area contributed by atoms with Gasteiger partial charge in [0.1, 0.15) is 0 Å². The summed E-state index contributed by atoms with van der Waals surface area (Å²) < 4.78 is 0.862. The average Bonchev–Trinajstić information content (AvgIpc) is 2.63. The van der Waals surface area contributed by atoms with Gasteiger partial charge in [-0.05, 0) is 53.8 Å². The zero-order chi connectivity index (χ0) is 17.8. The third-order valence-corrected chi connectivity index (χ3v) is 4.76. The van der Waals surface area contributed by atoms with E-state index in [1.54, 1.807) is 30.3 Å². The molecular weight excluding hydrogens is 425 g/mol. The first kappa shape index (κ1) is 17.4. The number of hydrogen-bond donors (Lipinski definition) is 1. The van der Waals surface area contributed by atoms with Gasteiger partial charge in [0.15, 0.2) is 5.78 Å². The summed E-state index contributed by atoms with van der Waals surface area (Å²) in [5.74, 6) is -0.335. The summed E-state index contributed by atoms with van der Waals surface area (Å²) in [5.41, 5.74) is 3.15. The molecular formula is C21H16INO2. The summed E-state index contributed by atoms with van der Waals surface area (Å²) in [6.45, 7) is 1.92. The van der Waals surface area contributed by atoms with Crippen LogP contribution in [0, 0.1) is 10.5 Å². The van der Waals surface area contributed by atoms with Crippen molar-refractivity contribution in [2.24, 2.45) is 0 Å². The Kier molecular flexibility index (Phi) is 5.28. The minimum atomic E-state index is -0.226. The topological polar surface area (TPSA) is 46.2 Å². The molecule has 1 amide bonds. The molecule has 124 valence electrons. The SMILES string of the molecule is Cc1ccc(NC(=O)c2ccccc2I)c(C(=O)c2ccccc2)c1. The van der Waals surface area contributed by atoms with E-state index in [1.165, 1.54) is 0 Å². The van der Waals surface area contributed by atoms with E-state index in [0.29, 0.717) is 22.4 Å². The maximum atomic E-state index is 12.9. The van der Waals surface area contributed by atoms with Crippen molar-refractivity contribution in [2.75, 3.05) is 5.32 Å². The molecule has 3 nitrogen and oxygen atoms in total. The molecule has 0 aliphatic carbocycles. The van der Waals surface area contributed by atoms with Gasteiger partial charge in [-0.15, -0.1) is 0 Å². The van der Waals surface area contributed by atoms with Gasteiger partial charge in [-0.25, -0.2) is 0 Å². The second-order valence-electron chi connectivity index (χ2n) is 5.68. The predicted octanol–water partition coefficient (Wildman–Crippen LogP) is 5.08. The maximum absolute atomic E-state index is 12.9. The van der Waals surface area contributed by atoms with Crippen LogP contribution in [-0.4, -0.2) is 11.7 Å². The van der Waals surface area contributed by atoms with Crippen molar-refractivity contribution in [3.05, 3.63) is 98.6 Å². The Balaban J connectivity index is 1.96. The highest BCUT2D eigenvalue weighted by atomic mass is 127. The monoisotopic (exact) mass is 441 g/mol. The van der Waals surface area contributed by atoms with Crippen molar-refractivity contribution in [3.8, 4) is 0 Å². The second kappa shape index (κ2) is 7.61. The molecule has 0 bridgehead atoms. The number of benzene rings is 3. The number of hydrogen-bond acceptors (Lipinski definition) is 2. The molecule has 0 aliphatic heterocycles. The Bertz CT molecular complexity index is 936. The minimum Gasteiger partial charge on any atom is -0.321 e. The second-order valence-corrected chi connectivity index (χ2v) is 6.84. The molecule has 25 heavy (non-hydrogen) atoms. The van der Waals surface area contributed by atoms with E-state index in [1.807, 2.05) is 49.4 Å². The lowest BCUT2D eigenvalue weighted by Gasteiger charge is -2.12. The lowest BCUT2D eigenvalue weighted by Crippen LogP contribution is -2.16. The number of halogens is 1. The van der Waals surface area contributed by atoms with Gasteiger partial charge < -0.3 is 5.32 Å². The van der Waals surface area contributed by atoms with Crippen molar-refractivity contribution in [1.82, 2.24) is 0 Å². The molecule has 4 heteroatoms. The standard InChI is InChI=1S/C21H16INO2/c1-14-11-12-19(23-21(25)16-9-5-6-10-18(16)22)17(13-14)20(24)15-7-3-2-4-8-15/h2-13H,1H3,(H,23,25). The molecule has 0 radical (unpaired) electrons. The number of carbonyl (C=O) groups excluding carboxylic acids is 2. The minimum absolute atomic E-state index is 0.109. The van der Waals surface area contributed by atoms with Crippen molar-refractivity contribution >= 4 is 40.0 Å². The molecule has 0 fully saturated rings. The summed E-state index contributed by atoms with van der Waals surface area (Å²) in [6.07, 6.45) is 0. The van der Waals surface area contributed by atoms with E-state index in [9.17, 15) is 9.59 Å². The molecule has 3 aromatic rings. The Labute approximate surface area is 160 Å². The normalized spacial score (nSPS) is 10.3. The Morgan fingerprint density at radius 2 is 1.52 bits per heavy atom. The van der Waals surface area contributed by atoms with Crippen LogP contribution < -0.4 is 5.32 Å². The Hall–Kier alpha value is -2.47. The summed E-state index contributed by atoms with van der Waals surface area (Å²) in [4.78, 5) is 25.5. The van der Waals surface area contributed by atoms with Gasteiger partial charge in [-0.3, -0.25) is 9.59 Å². The van der Waals surface area contributed by atoms with Crippen LogP contribution in [0.5, 0.6) is 0 Å². The van der Waals surface area contributed by atoms with Crippen LogP contribution in [-0.2, 0) is 0 Å². The number of ketones is 1. The van der Waals surface area contributed by atoms with Gasteiger partial charge in [0.25, 0.3) is 5.91 Å². The Morgan fingerprint density at radius 1 is 0.840 bits per heavy atom. The van der Waals surface area contributed by atoms with Gasteiger partial charge in [-0.1, -0.05) is 54.1 Å². The van der Waals surface area contributed by atoms with E-state index in [4.69, 9.17) is 0 Å². The zero-order valence-corrected chi connectivity index (χ0v) is 15.8. The summed E-state index contributed by atoms with van der Waals surface area (Å²) in [5, 5.41) is 2.88. The fraction of sp³-hybridized carbons (Fsp3) is 0.0476. The van der Waals surface area contributed by atoms with Crippen LogP contribution in [0.3, 0.4) is 0 Å². The molecule has 3 aromatic carbocycles. The quantitative estimate of drug-likeness (QED) is 0.453. The highest BCUT2D eigenvalue weighted by Gasteiger charge is 2.17. The highest BCUT2D eigenvalue weighted by molar-refractivity contribution is 14.1. The number of amides is 1. The van der Waals surface area contributed by atoms with Gasteiger partial charge in [0.05, 0.1) is 11.3 Å². The molecule has 0 atom stereocenters. The number of anilines is 1. The van der Waals surface area contributed by atoms with E-state index < -0.39 is 0 Å². The highest BCUT2D eigenvalue weighted by Crippen LogP contribution is 2.23. The zero-order valence-electron chi connectivity index (χ0n) is 13.6. The average molecular weight is 441 g/mol. The van der Waals surface area contributed by atoms with Crippen LogP contribution in [0.25, 0.3) is 0 Å². The smallest absolute Gasteiger partial charge is 0.256 e. The van der Waals surface area contributed by atoms with Crippen LogP contribution >= 0.6 is 22.6 Å². The molecule has 0 saturated carbocycles. The number of nitrogens with one attached hydrogen (secondary N) is 1. The first-order valence-electron chi connectivity index (χ1n) is 7.82.